The molecule has 2 N–H and O–H groups in total. The van der Waals surface area contributed by atoms with E-state index in [1.165, 1.54) is 0 Å². The first-order chi connectivity index (χ1) is 26.0. The first kappa shape index (κ1) is 39.5. The lowest BCUT2D eigenvalue weighted by molar-refractivity contribution is -0.145. The normalized spacial score (nSPS) is 19.1. The monoisotopic (exact) mass is 742 g/mol. The molecule has 12 nitrogen and oxygen atoms in total. The summed E-state index contributed by atoms with van der Waals surface area (Å²) in [5.41, 5.74) is 10.7. The van der Waals surface area contributed by atoms with Crippen LogP contribution in [0.5, 0.6) is 0 Å². The molecule has 2 aliphatic heterocycles. The maximum atomic E-state index is 13.7. The summed E-state index contributed by atoms with van der Waals surface area (Å²) in [6, 6.07) is 6.13. The molecule has 0 unspecified atom stereocenters. The van der Waals surface area contributed by atoms with Crippen molar-refractivity contribution in [2.75, 3.05) is 60.0 Å². The van der Waals surface area contributed by atoms with Crippen molar-refractivity contribution in [1.29, 1.82) is 0 Å². The number of ketones is 2. The van der Waals surface area contributed by atoms with Gasteiger partial charge in [0.2, 0.25) is 0 Å². The Morgan fingerprint density at radius 1 is 0.778 bits per heavy atom. The number of aryl methyl sites for hydroxylation is 2. The Labute approximate surface area is 316 Å². The van der Waals surface area contributed by atoms with Gasteiger partial charge in [0.15, 0.2) is 11.6 Å². The van der Waals surface area contributed by atoms with Crippen LogP contribution in [-0.2, 0) is 34.9 Å². The summed E-state index contributed by atoms with van der Waals surface area (Å²) in [5.74, 6) is -0.134. The van der Waals surface area contributed by atoms with Gasteiger partial charge in [0.25, 0.3) is 0 Å². The highest BCUT2D eigenvalue weighted by Gasteiger charge is 2.36. The van der Waals surface area contributed by atoms with Crippen LogP contribution in [0.25, 0.3) is 22.1 Å². The molecular weight excluding hydrogens is 688 g/mol. The summed E-state index contributed by atoms with van der Waals surface area (Å²) in [5, 5.41) is 0. The summed E-state index contributed by atoms with van der Waals surface area (Å²) in [7, 11) is 1.63. The maximum absolute atomic E-state index is 13.7. The van der Waals surface area contributed by atoms with Crippen molar-refractivity contribution >= 4 is 39.6 Å². The van der Waals surface area contributed by atoms with E-state index in [4.69, 9.17) is 33.7 Å². The highest BCUT2D eigenvalue weighted by Crippen LogP contribution is 2.45. The smallest absolute Gasteiger partial charge is 0.305 e. The van der Waals surface area contributed by atoms with Crippen molar-refractivity contribution in [3.63, 3.8) is 0 Å². The first-order valence-electron chi connectivity index (χ1n) is 19.2. The second-order valence-corrected chi connectivity index (χ2v) is 14.6. The lowest BCUT2D eigenvalue weighted by atomic mass is 9.85. The van der Waals surface area contributed by atoms with Crippen LogP contribution in [0.4, 0.5) is 0 Å². The van der Waals surface area contributed by atoms with Gasteiger partial charge in [-0.3, -0.25) is 24.4 Å². The van der Waals surface area contributed by atoms with Crippen molar-refractivity contribution in [2.45, 2.75) is 90.9 Å². The molecule has 0 amide bonds. The highest BCUT2D eigenvalue weighted by atomic mass is 16.6. The molecule has 5 heterocycles. The molecule has 1 aliphatic carbocycles. The zero-order chi connectivity index (χ0) is 38.5. The highest BCUT2D eigenvalue weighted by molar-refractivity contribution is 6.13. The number of ether oxygens (including phenoxy) is 5. The van der Waals surface area contributed by atoms with E-state index in [0.29, 0.717) is 57.2 Å². The molecule has 4 atom stereocenters. The van der Waals surface area contributed by atoms with E-state index in [-0.39, 0.29) is 67.3 Å². The van der Waals surface area contributed by atoms with Crippen LogP contribution in [0.2, 0.25) is 0 Å². The Bertz CT molecular complexity index is 2050. The molecule has 6 rings (SSSR count). The molecule has 3 aliphatic rings. The summed E-state index contributed by atoms with van der Waals surface area (Å²) in [6.45, 7) is 15.3. The van der Waals surface area contributed by atoms with Gasteiger partial charge >= 0.3 is 5.97 Å². The molecule has 0 aromatic carbocycles. The van der Waals surface area contributed by atoms with Crippen molar-refractivity contribution < 1.29 is 38.1 Å². The molecule has 0 radical (unpaired) electrons. The van der Waals surface area contributed by atoms with Crippen LogP contribution in [0, 0.1) is 13.8 Å². The molecule has 0 saturated carbocycles. The summed E-state index contributed by atoms with van der Waals surface area (Å²) >= 11 is 0. The predicted molar refractivity (Wildman–Crippen MR) is 206 cm³/mol. The third kappa shape index (κ3) is 8.22. The van der Waals surface area contributed by atoms with E-state index in [0.717, 1.165) is 68.0 Å². The van der Waals surface area contributed by atoms with E-state index in [2.05, 4.69) is 36.8 Å². The average Bonchev–Trinajstić information content (AvgIpc) is 3.89. The molecule has 8 bridgehead atoms. The lowest BCUT2D eigenvalue weighted by Crippen LogP contribution is -2.15. The van der Waals surface area contributed by atoms with E-state index in [1.807, 2.05) is 26.0 Å². The Morgan fingerprint density at radius 2 is 1.37 bits per heavy atom. The lowest BCUT2D eigenvalue weighted by Gasteiger charge is -2.17. The molecule has 0 saturated heterocycles. The van der Waals surface area contributed by atoms with Crippen LogP contribution in [0.1, 0.15) is 131 Å². The van der Waals surface area contributed by atoms with Gasteiger partial charge in [-0.2, -0.15) is 0 Å². The summed E-state index contributed by atoms with van der Waals surface area (Å²) in [4.78, 5) is 57.2. The standard InChI is InChI=1S/C42H54N4O8/c1-8-28-23(2)31-22-36-39(27(6)47)25(4)33(44-36)20-32-24(3)29(9-10-38(49)54-18-17-53-16-15-52-14-13-51-12-11-50-7)41(45-32)30-19-37(48)40-26(5)34(46-42(30)40)21-35(28)43-31/h20-24,28-29,44,46H,8-19H2,1-7H3/t23-,24+,28-,29+/m1/s1. The second kappa shape index (κ2) is 17.5. The van der Waals surface area contributed by atoms with Gasteiger partial charge in [-0.05, 0) is 62.9 Å². The van der Waals surface area contributed by atoms with Gasteiger partial charge < -0.3 is 33.7 Å². The topological polar surface area (TPSA) is 155 Å². The van der Waals surface area contributed by atoms with Gasteiger partial charge in [-0.1, -0.05) is 20.8 Å². The number of hydrogen-bond acceptors (Lipinski definition) is 10. The number of H-pyrrole nitrogens is 2. The van der Waals surface area contributed by atoms with E-state index in [1.54, 1.807) is 14.0 Å². The summed E-state index contributed by atoms with van der Waals surface area (Å²) < 4.78 is 26.9. The number of hydrogen-bond donors (Lipinski definition) is 2. The predicted octanol–water partition coefficient (Wildman–Crippen LogP) is 7.08. The third-order valence-electron chi connectivity index (χ3n) is 11.2. The number of esters is 1. The fourth-order valence-corrected chi connectivity index (χ4v) is 8.19. The van der Waals surface area contributed by atoms with Crippen LogP contribution < -0.4 is 0 Å². The summed E-state index contributed by atoms with van der Waals surface area (Å²) in [6.07, 6.45) is 1.83. The van der Waals surface area contributed by atoms with Crippen LogP contribution in [0.3, 0.4) is 0 Å². The number of Topliss-reactive ketones (excluding diaryl/α,β-unsaturated/α-hetero) is 2. The second-order valence-electron chi connectivity index (χ2n) is 14.6. The van der Waals surface area contributed by atoms with E-state index < -0.39 is 0 Å². The molecule has 0 fully saturated rings. The molecule has 3 aromatic rings. The molecule has 0 spiro atoms. The number of nitrogens with one attached hydrogen (secondary N) is 2. The molecule has 290 valence electrons. The fraction of sp³-hybridized carbons (Fsp3) is 0.548. The van der Waals surface area contributed by atoms with Crippen LogP contribution in [0.15, 0.2) is 18.2 Å². The molecular formula is C42H54N4O8. The van der Waals surface area contributed by atoms with E-state index >= 15 is 0 Å². The third-order valence-corrected chi connectivity index (χ3v) is 11.2. The number of rotatable bonds is 17. The van der Waals surface area contributed by atoms with Crippen LogP contribution in [-0.4, -0.2) is 97.4 Å². The molecule has 12 heteroatoms. The maximum Gasteiger partial charge on any atom is 0.305 e. The minimum absolute atomic E-state index is 0.0216. The number of methoxy groups -OCH3 is 1. The zero-order valence-corrected chi connectivity index (χ0v) is 32.7. The number of aromatic amines is 2. The number of aromatic nitrogens is 4. The first-order valence-corrected chi connectivity index (χ1v) is 19.2. The largest absolute Gasteiger partial charge is 0.463 e. The van der Waals surface area contributed by atoms with Crippen molar-refractivity contribution in [1.82, 2.24) is 19.9 Å². The van der Waals surface area contributed by atoms with Gasteiger partial charge in [-0.15, -0.1) is 0 Å². The Hall–Kier alpha value is -4.23. The van der Waals surface area contributed by atoms with Gasteiger partial charge in [0, 0.05) is 88.4 Å². The fourth-order valence-electron chi connectivity index (χ4n) is 8.19. The van der Waals surface area contributed by atoms with Gasteiger partial charge in [0.1, 0.15) is 6.61 Å². The van der Waals surface area contributed by atoms with Crippen molar-refractivity contribution in [2.24, 2.45) is 0 Å². The zero-order valence-electron chi connectivity index (χ0n) is 32.7. The Morgan fingerprint density at radius 3 is 2.04 bits per heavy atom. The molecule has 3 aromatic heterocycles. The molecule has 54 heavy (non-hydrogen) atoms. The number of carbonyl (C=O) groups is 3. The van der Waals surface area contributed by atoms with E-state index in [9.17, 15) is 14.4 Å². The minimum Gasteiger partial charge on any atom is -0.463 e. The minimum atomic E-state index is -0.314. The quantitative estimate of drug-likeness (QED) is 0.0833. The number of nitrogens with zero attached hydrogens (tertiary/aromatic N) is 2. The average molecular weight is 743 g/mol. The Balaban J connectivity index is 1.27. The number of carbonyl (C=O) groups excluding carboxylic acids is 3. The van der Waals surface area contributed by atoms with Gasteiger partial charge in [0.05, 0.1) is 63.0 Å². The number of fused-ring (bicyclic) bond motifs is 8. The van der Waals surface area contributed by atoms with Gasteiger partial charge in [-0.25, -0.2) is 0 Å². The van der Waals surface area contributed by atoms with Crippen LogP contribution >= 0.6 is 0 Å². The van der Waals surface area contributed by atoms with Crippen molar-refractivity contribution in [3.05, 3.63) is 68.8 Å². The SMILES string of the molecule is CC[C@H]1c2cc3[nH]c4c(c5nc(cc6[nH]c(cc(n2)[C@@H]1C)c(C(C)=O)c6C)[C@@H](C)[C@@H]5CCC(=O)OCCOCCOCCOCCOC)CC(=O)c4c3C. The van der Waals surface area contributed by atoms with Crippen molar-refractivity contribution in [3.8, 4) is 0 Å². The Kier molecular flexibility index (Phi) is 12.8.